The minimum Gasteiger partial charge on any atom is -0.359 e. The topological polar surface area (TPSA) is 9.23 Å². The first-order chi connectivity index (χ1) is 9.33. The molecule has 3 rings (SSSR count). The molecule has 1 atom stereocenters. The van der Waals surface area contributed by atoms with Crippen LogP contribution in [0.25, 0.3) is 5.57 Å². The minimum atomic E-state index is -0.304. The summed E-state index contributed by atoms with van der Waals surface area (Å²) >= 11 is 1.79. The minimum absolute atomic E-state index is 0.304. The Labute approximate surface area is 119 Å². The highest BCUT2D eigenvalue weighted by atomic mass is 32.2. The van der Waals surface area contributed by atoms with Gasteiger partial charge in [-0.25, -0.2) is 0 Å². The highest BCUT2D eigenvalue weighted by molar-refractivity contribution is 7.99. The smallest absolute Gasteiger partial charge is 0.161 e. The van der Waals surface area contributed by atoms with Crippen LogP contribution in [0, 0.1) is 0 Å². The number of hydrogen-bond donors (Lipinski definition) is 0. The number of hydrogen-bond acceptors (Lipinski definition) is 2. The van der Waals surface area contributed by atoms with Crippen LogP contribution in [0.1, 0.15) is 24.0 Å². The first-order valence-corrected chi connectivity index (χ1v) is 7.80. The summed E-state index contributed by atoms with van der Waals surface area (Å²) < 4.78 is 5.99. The maximum atomic E-state index is 5.99. The number of ether oxygens (including phenoxy) is 1. The van der Waals surface area contributed by atoms with Crippen LogP contribution in [-0.4, -0.2) is 13.4 Å². The van der Waals surface area contributed by atoms with E-state index >= 15 is 0 Å². The molecule has 98 valence electrons. The molecule has 0 aliphatic heterocycles. The average Bonchev–Trinajstić information content (AvgIpc) is 2.68. The van der Waals surface area contributed by atoms with E-state index in [9.17, 15) is 0 Å². The number of fused-ring (bicyclic) bond motifs is 2. The molecule has 0 radical (unpaired) electrons. The summed E-state index contributed by atoms with van der Waals surface area (Å²) in [4.78, 5) is -0.304. The van der Waals surface area contributed by atoms with Crippen LogP contribution in [0.4, 0.5) is 0 Å². The van der Waals surface area contributed by atoms with Crippen molar-refractivity contribution in [2.75, 3.05) is 13.4 Å². The van der Waals surface area contributed by atoms with E-state index in [0.717, 1.165) is 12.8 Å². The van der Waals surface area contributed by atoms with Crippen molar-refractivity contribution in [2.24, 2.45) is 0 Å². The molecule has 0 amide bonds. The highest BCUT2D eigenvalue weighted by Crippen LogP contribution is 2.55. The molecule has 2 aliphatic carbocycles. The van der Waals surface area contributed by atoms with E-state index in [0.29, 0.717) is 0 Å². The molecule has 1 aromatic rings. The molecule has 1 aromatic carbocycles. The van der Waals surface area contributed by atoms with Gasteiger partial charge < -0.3 is 4.74 Å². The quantitative estimate of drug-likeness (QED) is 0.731. The Balaban J connectivity index is 2.24. The molecule has 0 spiro atoms. The summed E-state index contributed by atoms with van der Waals surface area (Å²) in [6.45, 7) is 0. The van der Waals surface area contributed by atoms with Gasteiger partial charge in [0.15, 0.2) is 4.93 Å². The third-order valence-electron chi connectivity index (χ3n) is 3.97. The van der Waals surface area contributed by atoms with E-state index in [-0.39, 0.29) is 4.93 Å². The van der Waals surface area contributed by atoms with E-state index < -0.39 is 0 Å². The van der Waals surface area contributed by atoms with Crippen molar-refractivity contribution < 1.29 is 4.74 Å². The van der Waals surface area contributed by atoms with Gasteiger partial charge in [0.25, 0.3) is 0 Å². The van der Waals surface area contributed by atoms with Crippen LogP contribution in [-0.2, 0) is 9.67 Å². The van der Waals surface area contributed by atoms with Crippen LogP contribution < -0.4 is 0 Å². The largest absolute Gasteiger partial charge is 0.359 e. The van der Waals surface area contributed by atoms with Crippen LogP contribution in [0.5, 0.6) is 0 Å². The maximum Gasteiger partial charge on any atom is 0.161 e. The van der Waals surface area contributed by atoms with E-state index in [4.69, 9.17) is 4.74 Å². The lowest BCUT2D eigenvalue weighted by Crippen LogP contribution is -2.24. The second-order valence-electron chi connectivity index (χ2n) is 4.79. The number of thioether (sulfide) groups is 1. The first kappa shape index (κ1) is 12.8. The number of rotatable bonds is 2. The van der Waals surface area contributed by atoms with Gasteiger partial charge in [0, 0.05) is 12.7 Å². The Morgan fingerprint density at radius 1 is 1.11 bits per heavy atom. The fraction of sp³-hybridized carbons (Fsp3) is 0.294. The monoisotopic (exact) mass is 270 g/mol. The van der Waals surface area contributed by atoms with Gasteiger partial charge in [-0.3, -0.25) is 0 Å². The number of benzene rings is 1. The predicted molar refractivity (Wildman–Crippen MR) is 83.1 cm³/mol. The molecule has 1 unspecified atom stereocenters. The third kappa shape index (κ3) is 1.82. The first-order valence-electron chi connectivity index (χ1n) is 6.58. The lowest BCUT2D eigenvalue weighted by molar-refractivity contribution is 0.102. The van der Waals surface area contributed by atoms with Crippen LogP contribution in [0.2, 0.25) is 0 Å². The third-order valence-corrected chi connectivity index (χ3v) is 5.18. The van der Waals surface area contributed by atoms with Gasteiger partial charge in [-0.2, -0.15) is 0 Å². The van der Waals surface area contributed by atoms with Crippen LogP contribution in [0.3, 0.4) is 0 Å². The zero-order valence-electron chi connectivity index (χ0n) is 11.3. The fourth-order valence-corrected chi connectivity index (χ4v) is 4.14. The highest BCUT2D eigenvalue weighted by Gasteiger charge is 2.43. The van der Waals surface area contributed by atoms with Crippen molar-refractivity contribution in [2.45, 2.75) is 17.8 Å². The Morgan fingerprint density at radius 2 is 1.84 bits per heavy atom. The van der Waals surface area contributed by atoms with E-state index in [1.807, 2.05) is 7.11 Å². The van der Waals surface area contributed by atoms with Gasteiger partial charge in [0.05, 0.1) is 0 Å². The summed E-state index contributed by atoms with van der Waals surface area (Å²) in [7, 11) is 1.82. The van der Waals surface area contributed by atoms with Crippen LogP contribution in [0.15, 0.2) is 54.1 Å². The second-order valence-corrected chi connectivity index (χ2v) is 5.78. The van der Waals surface area contributed by atoms with Gasteiger partial charge in [-0.15, -0.1) is 11.8 Å². The van der Waals surface area contributed by atoms with Gasteiger partial charge in [0.1, 0.15) is 0 Å². The summed E-state index contributed by atoms with van der Waals surface area (Å²) in [5.41, 5.74) is 5.50. The molecule has 1 nitrogen and oxygen atoms in total. The summed E-state index contributed by atoms with van der Waals surface area (Å²) in [5.74, 6) is 0. The zero-order valence-corrected chi connectivity index (χ0v) is 12.2. The average molecular weight is 270 g/mol. The molecule has 0 bridgehead atoms. The molecule has 0 heterocycles. The SMILES string of the molecule is COC1(SC)C2=C(CC=C/C=C\C2)c2ccccc21. The van der Waals surface area contributed by atoms with Crippen LogP contribution >= 0.6 is 11.8 Å². The van der Waals surface area contributed by atoms with Gasteiger partial charge in [-0.05, 0) is 35.8 Å². The molecule has 0 N–H and O–H groups in total. The lowest BCUT2D eigenvalue weighted by Gasteiger charge is -2.30. The van der Waals surface area contributed by atoms with Crippen molar-refractivity contribution in [3.63, 3.8) is 0 Å². The standard InChI is InChI=1S/C17H18OS/c1-18-17(19-2)15-11-6-4-3-5-9-13(15)14-10-7-8-12-16(14)17/h3-8,10,12H,9,11H2,1-2H3/b5-3?,6-4-. The maximum absolute atomic E-state index is 5.99. The van der Waals surface area contributed by atoms with Gasteiger partial charge >= 0.3 is 0 Å². The normalized spacial score (nSPS) is 26.6. The summed E-state index contributed by atoms with van der Waals surface area (Å²) in [6, 6.07) is 8.65. The number of allylic oxidation sites excluding steroid dienone is 5. The van der Waals surface area contributed by atoms with Crippen molar-refractivity contribution in [1.29, 1.82) is 0 Å². The molecular weight excluding hydrogens is 252 g/mol. The lowest BCUT2D eigenvalue weighted by atomic mass is 9.99. The van der Waals surface area contributed by atoms with Crippen molar-refractivity contribution in [3.05, 3.63) is 65.3 Å². The Bertz CT molecular complexity index is 577. The summed E-state index contributed by atoms with van der Waals surface area (Å²) in [6.07, 6.45) is 12.8. The Hall–Kier alpha value is -1.25. The second kappa shape index (κ2) is 5.03. The van der Waals surface area contributed by atoms with Gasteiger partial charge in [-0.1, -0.05) is 48.6 Å². The Morgan fingerprint density at radius 3 is 2.58 bits per heavy atom. The zero-order chi connectivity index (χ0) is 13.3. The molecular formula is C17H18OS. The fourth-order valence-electron chi connectivity index (χ4n) is 3.13. The summed E-state index contributed by atoms with van der Waals surface area (Å²) in [5, 5.41) is 0. The molecule has 0 saturated carbocycles. The Kier molecular flexibility index (Phi) is 3.38. The van der Waals surface area contributed by atoms with Crippen molar-refractivity contribution in [3.8, 4) is 0 Å². The molecule has 0 saturated heterocycles. The molecule has 0 fully saturated rings. The molecule has 0 aromatic heterocycles. The van der Waals surface area contributed by atoms with E-state index in [1.165, 1.54) is 22.3 Å². The number of methoxy groups -OCH3 is 1. The molecule has 2 heteroatoms. The molecule has 2 aliphatic rings. The van der Waals surface area contributed by atoms with Gasteiger partial charge in [0.2, 0.25) is 0 Å². The predicted octanol–water partition coefficient (Wildman–Crippen LogP) is 4.52. The van der Waals surface area contributed by atoms with Crippen molar-refractivity contribution in [1.82, 2.24) is 0 Å². The van der Waals surface area contributed by atoms with Crippen molar-refractivity contribution >= 4 is 17.3 Å². The van der Waals surface area contributed by atoms with E-state index in [1.54, 1.807) is 11.8 Å². The molecule has 19 heavy (non-hydrogen) atoms. The van der Waals surface area contributed by atoms with E-state index in [2.05, 4.69) is 54.8 Å².